The molecule has 1 aromatic carbocycles. The van der Waals surface area contributed by atoms with Crippen LogP contribution in [0, 0.1) is 5.82 Å². The molecule has 0 radical (unpaired) electrons. The zero-order valence-electron chi connectivity index (χ0n) is 11.4. The minimum Gasteiger partial charge on any atom is -0.352 e. The minimum atomic E-state index is -0.381. The number of carbonyl (C=O) groups excluding carboxylic acids is 1. The molecule has 6 heteroatoms. The maximum atomic E-state index is 13.0. The van der Waals surface area contributed by atoms with Gasteiger partial charge in [-0.1, -0.05) is 6.07 Å². The van der Waals surface area contributed by atoms with E-state index >= 15 is 0 Å². The summed E-state index contributed by atoms with van der Waals surface area (Å²) in [5.41, 5.74) is 0.377. The third-order valence-electron chi connectivity index (χ3n) is 3.23. The molecule has 0 aromatic heterocycles. The molecule has 1 aliphatic heterocycles. The molecule has 1 aromatic rings. The molecule has 1 fully saturated rings. The molecule has 20 heavy (non-hydrogen) atoms. The number of hydrogen-bond donors (Lipinski definition) is 2. The predicted molar refractivity (Wildman–Crippen MR) is 79.9 cm³/mol. The summed E-state index contributed by atoms with van der Waals surface area (Å²) in [6.45, 7) is 5.82. The van der Waals surface area contributed by atoms with Crippen molar-refractivity contribution in [1.82, 2.24) is 15.5 Å². The molecule has 2 rings (SSSR count). The van der Waals surface area contributed by atoms with Crippen molar-refractivity contribution >= 4 is 18.3 Å². The van der Waals surface area contributed by atoms with Crippen molar-refractivity contribution in [2.45, 2.75) is 6.42 Å². The monoisotopic (exact) mass is 301 g/mol. The number of benzene rings is 1. The number of amides is 1. The summed E-state index contributed by atoms with van der Waals surface area (Å²) in [5.74, 6) is -0.590. The quantitative estimate of drug-likeness (QED) is 0.805. The van der Waals surface area contributed by atoms with Crippen LogP contribution in [0.1, 0.15) is 16.8 Å². The SMILES string of the molecule is Cl.O=C(NCCCN1CCNCC1)c1cccc(F)c1. The van der Waals surface area contributed by atoms with Crippen LogP contribution in [0.15, 0.2) is 24.3 Å². The van der Waals surface area contributed by atoms with E-state index in [0.717, 1.165) is 39.1 Å². The highest BCUT2D eigenvalue weighted by molar-refractivity contribution is 5.94. The molecule has 4 nitrogen and oxygen atoms in total. The Morgan fingerprint density at radius 3 is 2.80 bits per heavy atom. The lowest BCUT2D eigenvalue weighted by Gasteiger charge is -2.27. The highest BCUT2D eigenvalue weighted by atomic mass is 35.5. The molecular weight excluding hydrogens is 281 g/mol. The zero-order chi connectivity index (χ0) is 13.5. The number of nitrogens with zero attached hydrogens (tertiary/aromatic N) is 1. The van der Waals surface area contributed by atoms with Gasteiger partial charge >= 0.3 is 0 Å². The first kappa shape index (κ1) is 16.9. The van der Waals surface area contributed by atoms with Gasteiger partial charge in [0, 0.05) is 38.3 Å². The first-order valence-electron chi connectivity index (χ1n) is 6.72. The van der Waals surface area contributed by atoms with Gasteiger partial charge in [-0.25, -0.2) is 4.39 Å². The third kappa shape index (κ3) is 5.45. The molecule has 112 valence electrons. The standard InChI is InChI=1S/C14H20FN3O.ClH/c15-13-4-1-3-12(11-13)14(19)17-5-2-8-18-9-6-16-7-10-18;/h1,3-4,11,16H,2,5-10H2,(H,17,19);1H. The Morgan fingerprint density at radius 2 is 2.10 bits per heavy atom. The second-order valence-corrected chi connectivity index (χ2v) is 4.71. The van der Waals surface area contributed by atoms with Crippen LogP contribution in [-0.2, 0) is 0 Å². The Morgan fingerprint density at radius 1 is 1.35 bits per heavy atom. The van der Waals surface area contributed by atoms with E-state index in [1.54, 1.807) is 12.1 Å². The lowest BCUT2D eigenvalue weighted by atomic mass is 10.2. The van der Waals surface area contributed by atoms with Gasteiger partial charge in [-0.15, -0.1) is 12.4 Å². The summed E-state index contributed by atoms with van der Waals surface area (Å²) in [5, 5.41) is 6.12. The number of hydrogen-bond acceptors (Lipinski definition) is 3. The van der Waals surface area contributed by atoms with E-state index in [4.69, 9.17) is 0 Å². The van der Waals surface area contributed by atoms with Crippen LogP contribution in [0.3, 0.4) is 0 Å². The first-order chi connectivity index (χ1) is 9.25. The fraction of sp³-hybridized carbons (Fsp3) is 0.500. The van der Waals surface area contributed by atoms with Gasteiger partial charge < -0.3 is 15.5 Å². The number of rotatable bonds is 5. The fourth-order valence-corrected chi connectivity index (χ4v) is 2.17. The van der Waals surface area contributed by atoms with Crippen LogP contribution in [0.4, 0.5) is 4.39 Å². The van der Waals surface area contributed by atoms with Crippen molar-refractivity contribution < 1.29 is 9.18 Å². The first-order valence-corrected chi connectivity index (χ1v) is 6.72. The second-order valence-electron chi connectivity index (χ2n) is 4.71. The Balaban J connectivity index is 0.00000200. The van der Waals surface area contributed by atoms with Gasteiger partial charge in [0.05, 0.1) is 0 Å². The van der Waals surface area contributed by atoms with Crippen molar-refractivity contribution in [1.29, 1.82) is 0 Å². The van der Waals surface area contributed by atoms with Gasteiger partial charge in [0.25, 0.3) is 5.91 Å². The van der Waals surface area contributed by atoms with Crippen LogP contribution < -0.4 is 10.6 Å². The van der Waals surface area contributed by atoms with Gasteiger partial charge in [0.15, 0.2) is 0 Å². The van der Waals surface area contributed by atoms with Crippen molar-refractivity contribution in [2.24, 2.45) is 0 Å². The van der Waals surface area contributed by atoms with E-state index in [9.17, 15) is 9.18 Å². The third-order valence-corrected chi connectivity index (χ3v) is 3.23. The van der Waals surface area contributed by atoms with Gasteiger partial charge in [-0.3, -0.25) is 4.79 Å². The second kappa shape index (κ2) is 8.89. The summed E-state index contributed by atoms with van der Waals surface area (Å²) in [6, 6.07) is 5.76. The molecule has 1 heterocycles. The summed E-state index contributed by atoms with van der Waals surface area (Å²) in [4.78, 5) is 14.1. The molecular formula is C14H21ClFN3O. The smallest absolute Gasteiger partial charge is 0.251 e. The normalized spacial score (nSPS) is 15.4. The molecule has 1 aliphatic rings. The van der Waals surface area contributed by atoms with Crippen LogP contribution in [0.5, 0.6) is 0 Å². The summed E-state index contributed by atoms with van der Waals surface area (Å²) >= 11 is 0. The number of halogens is 2. The van der Waals surface area contributed by atoms with Gasteiger partial charge in [-0.05, 0) is 31.2 Å². The van der Waals surface area contributed by atoms with Crippen LogP contribution >= 0.6 is 12.4 Å². The minimum absolute atomic E-state index is 0. The highest BCUT2D eigenvalue weighted by Crippen LogP contribution is 2.03. The molecule has 0 aliphatic carbocycles. The van der Waals surface area contributed by atoms with E-state index in [1.165, 1.54) is 12.1 Å². The van der Waals surface area contributed by atoms with E-state index < -0.39 is 0 Å². The van der Waals surface area contributed by atoms with E-state index in [-0.39, 0.29) is 24.1 Å². The van der Waals surface area contributed by atoms with Crippen molar-refractivity contribution in [3.63, 3.8) is 0 Å². The van der Waals surface area contributed by atoms with Gasteiger partial charge in [0.2, 0.25) is 0 Å². The van der Waals surface area contributed by atoms with Crippen molar-refractivity contribution in [3.8, 4) is 0 Å². The zero-order valence-corrected chi connectivity index (χ0v) is 12.2. The predicted octanol–water partition coefficient (Wildman–Crippen LogP) is 1.27. The molecule has 0 bridgehead atoms. The number of nitrogens with one attached hydrogen (secondary N) is 2. The van der Waals surface area contributed by atoms with E-state index in [1.807, 2.05) is 0 Å². The Bertz CT molecular complexity index is 425. The number of carbonyl (C=O) groups is 1. The lowest BCUT2D eigenvalue weighted by molar-refractivity contribution is 0.0951. The molecule has 2 N–H and O–H groups in total. The highest BCUT2D eigenvalue weighted by Gasteiger charge is 2.09. The molecule has 1 amide bonds. The van der Waals surface area contributed by atoms with Gasteiger partial charge in [-0.2, -0.15) is 0 Å². The van der Waals surface area contributed by atoms with Crippen molar-refractivity contribution in [2.75, 3.05) is 39.3 Å². The van der Waals surface area contributed by atoms with Crippen LogP contribution in [0.2, 0.25) is 0 Å². The topological polar surface area (TPSA) is 44.4 Å². The average molecular weight is 302 g/mol. The molecule has 1 saturated heterocycles. The lowest BCUT2D eigenvalue weighted by Crippen LogP contribution is -2.44. The summed E-state index contributed by atoms with van der Waals surface area (Å²) in [7, 11) is 0. The Kier molecular flexibility index (Phi) is 7.51. The Hall–Kier alpha value is -1.17. The average Bonchev–Trinajstić information content (AvgIpc) is 2.44. The van der Waals surface area contributed by atoms with Crippen molar-refractivity contribution in [3.05, 3.63) is 35.6 Å². The molecule has 0 atom stereocenters. The van der Waals surface area contributed by atoms with Gasteiger partial charge in [0.1, 0.15) is 5.82 Å². The number of piperazine rings is 1. The molecule has 0 unspecified atom stereocenters. The molecule has 0 saturated carbocycles. The summed E-state index contributed by atoms with van der Waals surface area (Å²) < 4.78 is 13.0. The Labute approximate surface area is 125 Å². The fourth-order valence-electron chi connectivity index (χ4n) is 2.17. The largest absolute Gasteiger partial charge is 0.352 e. The van der Waals surface area contributed by atoms with E-state index in [0.29, 0.717) is 12.1 Å². The maximum absolute atomic E-state index is 13.0. The summed E-state index contributed by atoms with van der Waals surface area (Å²) in [6.07, 6.45) is 0.918. The van der Waals surface area contributed by atoms with E-state index in [2.05, 4.69) is 15.5 Å². The molecule has 0 spiro atoms. The van der Waals surface area contributed by atoms with Crippen LogP contribution in [0.25, 0.3) is 0 Å². The maximum Gasteiger partial charge on any atom is 0.251 e. The van der Waals surface area contributed by atoms with Crippen LogP contribution in [-0.4, -0.2) is 50.1 Å².